The van der Waals surface area contributed by atoms with Crippen LogP contribution in [-0.4, -0.2) is 44.7 Å². The number of ether oxygens (including phenoxy) is 1. The van der Waals surface area contributed by atoms with Gasteiger partial charge in [-0.2, -0.15) is 0 Å². The van der Waals surface area contributed by atoms with Crippen LogP contribution >= 0.6 is 0 Å². The van der Waals surface area contributed by atoms with E-state index in [1.807, 2.05) is 18.9 Å². The van der Waals surface area contributed by atoms with Crippen LogP contribution in [0.4, 0.5) is 0 Å². The molecule has 3 N–H and O–H groups in total. The molecule has 0 heterocycles. The summed E-state index contributed by atoms with van der Waals surface area (Å²) in [5, 5.41) is 0. The second-order valence-electron chi connectivity index (χ2n) is 2.31. The highest BCUT2D eigenvalue weighted by molar-refractivity contribution is 5.78. The number of nitrogens with one attached hydrogen (secondary N) is 1. The summed E-state index contributed by atoms with van der Waals surface area (Å²) in [6.07, 6.45) is 0. The van der Waals surface area contributed by atoms with Gasteiger partial charge in [-0.15, -0.1) is 0 Å². The second-order valence-corrected chi connectivity index (χ2v) is 2.31. The maximum Gasteiger partial charge on any atom is 0.207 e. The Kier molecular flexibility index (Phi) is 6.41. The summed E-state index contributed by atoms with van der Waals surface area (Å²) in [5.74, 6) is 5.89. The van der Waals surface area contributed by atoms with Gasteiger partial charge >= 0.3 is 0 Å². The van der Waals surface area contributed by atoms with Gasteiger partial charge in [0.25, 0.3) is 0 Å². The van der Waals surface area contributed by atoms with E-state index in [1.165, 1.54) is 0 Å². The van der Waals surface area contributed by atoms with E-state index in [0.29, 0.717) is 12.6 Å². The van der Waals surface area contributed by atoms with Gasteiger partial charge in [-0.25, -0.2) is 5.84 Å². The molecule has 0 aliphatic carbocycles. The number of hydrogen-bond donors (Lipinski definition) is 2. The molecule has 0 rings (SSSR count). The number of hydrazine groups is 1. The Morgan fingerprint density at radius 1 is 1.67 bits per heavy atom. The maximum absolute atomic E-state index is 5.23. The van der Waals surface area contributed by atoms with Crippen LogP contribution in [0.1, 0.15) is 6.92 Å². The predicted octanol–water partition coefficient (Wildman–Crippen LogP) is -0.596. The van der Waals surface area contributed by atoms with E-state index in [1.54, 1.807) is 7.05 Å². The van der Waals surface area contributed by atoms with Gasteiger partial charge in [0.1, 0.15) is 0 Å². The number of guanidine groups is 1. The monoisotopic (exact) mass is 174 g/mol. The molecule has 0 aromatic rings. The molecule has 0 aliphatic rings. The number of likely N-dealkylation sites (N-methyl/N-ethyl adjacent to an activating group) is 1. The fourth-order valence-corrected chi connectivity index (χ4v) is 0.797. The van der Waals surface area contributed by atoms with Crippen molar-refractivity contribution >= 4 is 5.96 Å². The van der Waals surface area contributed by atoms with Crippen LogP contribution in [0.3, 0.4) is 0 Å². The first-order valence-corrected chi connectivity index (χ1v) is 3.98. The second kappa shape index (κ2) is 6.87. The topological polar surface area (TPSA) is 62.9 Å². The molecule has 0 spiro atoms. The van der Waals surface area contributed by atoms with Crippen molar-refractivity contribution in [2.24, 2.45) is 10.8 Å². The van der Waals surface area contributed by atoms with Gasteiger partial charge in [-0.1, -0.05) is 0 Å². The van der Waals surface area contributed by atoms with Crippen molar-refractivity contribution in [3.05, 3.63) is 0 Å². The molecule has 0 atom stereocenters. The zero-order valence-electron chi connectivity index (χ0n) is 8.00. The highest BCUT2D eigenvalue weighted by Crippen LogP contribution is 1.84. The normalized spacial score (nSPS) is 11.5. The van der Waals surface area contributed by atoms with E-state index < -0.39 is 0 Å². The molecule has 0 aromatic carbocycles. The fraction of sp³-hybridized carbons (Fsp3) is 0.857. The third kappa shape index (κ3) is 4.15. The Hall–Kier alpha value is -0.810. The Balaban J connectivity index is 3.62. The van der Waals surface area contributed by atoms with E-state index in [0.717, 1.165) is 13.2 Å². The third-order valence-corrected chi connectivity index (χ3v) is 1.48. The van der Waals surface area contributed by atoms with Gasteiger partial charge < -0.3 is 9.64 Å². The molecular weight excluding hydrogens is 156 g/mol. The zero-order chi connectivity index (χ0) is 9.40. The molecule has 0 aromatic heterocycles. The van der Waals surface area contributed by atoms with Gasteiger partial charge in [-0.05, 0) is 6.92 Å². The molecule has 5 nitrogen and oxygen atoms in total. The largest absolute Gasteiger partial charge is 0.380 e. The van der Waals surface area contributed by atoms with Crippen LogP contribution < -0.4 is 11.3 Å². The molecule has 5 heteroatoms. The van der Waals surface area contributed by atoms with Crippen LogP contribution in [0.5, 0.6) is 0 Å². The molecule has 0 aliphatic heterocycles. The van der Waals surface area contributed by atoms with Crippen molar-refractivity contribution in [2.75, 3.05) is 33.9 Å². The molecule has 0 amide bonds. The number of rotatable bonds is 4. The van der Waals surface area contributed by atoms with Crippen molar-refractivity contribution in [3.8, 4) is 0 Å². The average Bonchev–Trinajstić information content (AvgIpc) is 2.07. The van der Waals surface area contributed by atoms with Gasteiger partial charge in [-0.3, -0.25) is 10.4 Å². The smallest absolute Gasteiger partial charge is 0.207 e. The Morgan fingerprint density at radius 3 is 2.75 bits per heavy atom. The molecule has 12 heavy (non-hydrogen) atoms. The van der Waals surface area contributed by atoms with Crippen molar-refractivity contribution < 1.29 is 4.74 Å². The quantitative estimate of drug-likeness (QED) is 0.196. The maximum atomic E-state index is 5.23. The molecule has 0 fully saturated rings. The van der Waals surface area contributed by atoms with E-state index in [-0.39, 0.29) is 0 Å². The predicted molar refractivity (Wildman–Crippen MR) is 49.8 cm³/mol. The van der Waals surface area contributed by atoms with Crippen molar-refractivity contribution in [1.29, 1.82) is 0 Å². The lowest BCUT2D eigenvalue weighted by Gasteiger charge is -2.19. The molecule has 0 unspecified atom stereocenters. The first-order valence-electron chi connectivity index (χ1n) is 3.98. The molecule has 0 bridgehead atoms. The number of hydrogen-bond acceptors (Lipinski definition) is 3. The summed E-state index contributed by atoms with van der Waals surface area (Å²) in [7, 11) is 3.59. The molecule has 0 saturated carbocycles. The summed E-state index contributed by atoms with van der Waals surface area (Å²) in [4.78, 5) is 5.83. The third-order valence-electron chi connectivity index (χ3n) is 1.48. The summed E-state index contributed by atoms with van der Waals surface area (Å²) in [5.41, 5.74) is 2.50. The van der Waals surface area contributed by atoms with Crippen molar-refractivity contribution in [3.63, 3.8) is 0 Å². The molecule has 0 saturated heterocycles. The van der Waals surface area contributed by atoms with Crippen LogP contribution in [0.15, 0.2) is 4.99 Å². The minimum atomic E-state index is 0.662. The van der Waals surface area contributed by atoms with E-state index in [2.05, 4.69) is 10.4 Å². The molecule has 72 valence electrons. The van der Waals surface area contributed by atoms with Gasteiger partial charge in [0.05, 0.1) is 6.61 Å². The Morgan fingerprint density at radius 2 is 2.33 bits per heavy atom. The summed E-state index contributed by atoms with van der Waals surface area (Å²) < 4.78 is 5.18. The molecule has 0 radical (unpaired) electrons. The van der Waals surface area contributed by atoms with Crippen LogP contribution in [-0.2, 0) is 4.74 Å². The summed E-state index contributed by atoms with van der Waals surface area (Å²) in [6.45, 7) is 4.18. The Bertz CT molecular complexity index is 137. The lowest BCUT2D eigenvalue weighted by Crippen LogP contribution is -2.43. The first-order chi connectivity index (χ1) is 5.76. The fourth-order valence-electron chi connectivity index (χ4n) is 0.797. The molecular formula is C7H18N4O. The highest BCUT2D eigenvalue weighted by atomic mass is 16.5. The highest BCUT2D eigenvalue weighted by Gasteiger charge is 2.01. The van der Waals surface area contributed by atoms with Crippen molar-refractivity contribution in [2.45, 2.75) is 6.92 Å². The van der Waals surface area contributed by atoms with E-state index in [4.69, 9.17) is 10.6 Å². The van der Waals surface area contributed by atoms with Crippen LogP contribution in [0, 0.1) is 0 Å². The van der Waals surface area contributed by atoms with Crippen LogP contribution in [0.25, 0.3) is 0 Å². The minimum absolute atomic E-state index is 0.662. The van der Waals surface area contributed by atoms with Crippen molar-refractivity contribution in [1.82, 2.24) is 10.3 Å². The lowest BCUT2D eigenvalue weighted by molar-refractivity contribution is 0.136. The minimum Gasteiger partial charge on any atom is -0.380 e. The van der Waals surface area contributed by atoms with E-state index >= 15 is 0 Å². The standard InChI is InChI=1S/C7H18N4O/c1-4-12-6-5-11(3)7(9-2)10-8/h4-6,8H2,1-3H3,(H,9,10). The van der Waals surface area contributed by atoms with Gasteiger partial charge in [0.15, 0.2) is 0 Å². The first kappa shape index (κ1) is 11.2. The average molecular weight is 174 g/mol. The number of nitrogens with zero attached hydrogens (tertiary/aromatic N) is 2. The van der Waals surface area contributed by atoms with Crippen LogP contribution in [0.2, 0.25) is 0 Å². The number of nitrogens with two attached hydrogens (primary N) is 1. The van der Waals surface area contributed by atoms with Gasteiger partial charge in [0, 0.05) is 27.2 Å². The summed E-state index contributed by atoms with van der Waals surface area (Å²) >= 11 is 0. The SMILES string of the molecule is CCOCCN(C)C(=NC)NN. The zero-order valence-corrected chi connectivity index (χ0v) is 8.00. The lowest BCUT2D eigenvalue weighted by atomic mass is 10.6. The Labute approximate surface area is 73.6 Å². The van der Waals surface area contributed by atoms with E-state index in [9.17, 15) is 0 Å². The van der Waals surface area contributed by atoms with Gasteiger partial charge in [0.2, 0.25) is 5.96 Å². The number of aliphatic imine (C=N–C) groups is 1. The summed E-state index contributed by atoms with van der Waals surface area (Å²) in [6, 6.07) is 0.